The van der Waals surface area contributed by atoms with Crippen molar-refractivity contribution in [2.45, 2.75) is 18.9 Å². The summed E-state index contributed by atoms with van der Waals surface area (Å²) in [6.07, 6.45) is 4.71. The molecule has 2 aromatic rings. The Bertz CT molecular complexity index is 581. The number of halogens is 1. The molecule has 0 saturated carbocycles. The second-order valence-corrected chi connectivity index (χ2v) is 5.44. The quantitative estimate of drug-likeness (QED) is 0.775. The fourth-order valence-electron chi connectivity index (χ4n) is 2.53. The van der Waals surface area contributed by atoms with Gasteiger partial charge in [0.15, 0.2) is 0 Å². The van der Waals surface area contributed by atoms with E-state index in [-0.39, 0.29) is 6.10 Å². The van der Waals surface area contributed by atoms with Crippen LogP contribution in [0.2, 0.25) is 5.02 Å². The first kappa shape index (κ1) is 13.4. The molecule has 1 aliphatic heterocycles. The Labute approximate surface area is 124 Å². The Hall–Kier alpha value is -1.57. The number of benzene rings is 2. The molecule has 20 heavy (non-hydrogen) atoms. The SMILES string of the molecule is Clc1ccc(/C(=C/C2CCCO2)c2ccccc2)cc1. The summed E-state index contributed by atoms with van der Waals surface area (Å²) >= 11 is 5.99. The summed E-state index contributed by atoms with van der Waals surface area (Å²) in [6.45, 7) is 0.865. The Morgan fingerprint density at radius 3 is 2.35 bits per heavy atom. The van der Waals surface area contributed by atoms with Gasteiger partial charge < -0.3 is 4.74 Å². The third-order valence-corrected chi connectivity index (χ3v) is 3.81. The predicted molar refractivity (Wildman–Crippen MR) is 83.9 cm³/mol. The highest BCUT2D eigenvalue weighted by Crippen LogP contribution is 2.27. The molecule has 3 rings (SSSR count). The lowest BCUT2D eigenvalue weighted by molar-refractivity contribution is 0.146. The molecular formula is C18H17ClO. The van der Waals surface area contributed by atoms with Crippen LogP contribution in [0.15, 0.2) is 60.7 Å². The van der Waals surface area contributed by atoms with Gasteiger partial charge in [0.05, 0.1) is 6.10 Å². The number of hydrogen-bond donors (Lipinski definition) is 0. The molecule has 0 spiro atoms. The van der Waals surface area contributed by atoms with Crippen molar-refractivity contribution >= 4 is 17.2 Å². The van der Waals surface area contributed by atoms with Crippen LogP contribution in [0.5, 0.6) is 0 Å². The van der Waals surface area contributed by atoms with Gasteiger partial charge in [0, 0.05) is 11.6 Å². The molecule has 1 atom stereocenters. The maximum atomic E-state index is 5.99. The summed E-state index contributed by atoms with van der Waals surface area (Å²) in [7, 11) is 0. The first-order valence-corrected chi connectivity index (χ1v) is 7.35. The third-order valence-electron chi connectivity index (χ3n) is 3.56. The van der Waals surface area contributed by atoms with Gasteiger partial charge in [-0.1, -0.05) is 54.1 Å². The molecule has 102 valence electrons. The largest absolute Gasteiger partial charge is 0.374 e. The highest BCUT2D eigenvalue weighted by Gasteiger charge is 2.15. The first-order valence-electron chi connectivity index (χ1n) is 6.98. The summed E-state index contributed by atoms with van der Waals surface area (Å²) in [4.78, 5) is 0. The molecule has 1 saturated heterocycles. The molecule has 1 unspecified atom stereocenters. The minimum absolute atomic E-state index is 0.223. The van der Waals surface area contributed by atoms with E-state index in [1.54, 1.807) is 0 Å². The lowest BCUT2D eigenvalue weighted by Crippen LogP contribution is -2.02. The molecule has 1 aliphatic rings. The molecule has 1 heterocycles. The zero-order valence-corrected chi connectivity index (χ0v) is 12.0. The van der Waals surface area contributed by atoms with Gasteiger partial charge in [-0.05, 0) is 47.8 Å². The van der Waals surface area contributed by atoms with Crippen LogP contribution in [0, 0.1) is 0 Å². The van der Waals surface area contributed by atoms with Gasteiger partial charge in [0.1, 0.15) is 0 Å². The summed E-state index contributed by atoms with van der Waals surface area (Å²) < 4.78 is 5.75. The standard InChI is InChI=1S/C18H17ClO/c19-16-10-8-15(9-11-16)18(13-17-7-4-12-20-17)14-5-2-1-3-6-14/h1-3,5-6,8-11,13,17H,4,7,12H2/b18-13+. The Kier molecular flexibility index (Phi) is 4.19. The van der Waals surface area contributed by atoms with Crippen LogP contribution < -0.4 is 0 Å². The molecule has 0 aliphatic carbocycles. The molecule has 0 amide bonds. The van der Waals surface area contributed by atoms with E-state index in [9.17, 15) is 0 Å². The monoisotopic (exact) mass is 284 g/mol. The predicted octanol–water partition coefficient (Wildman–Crippen LogP) is 4.95. The smallest absolute Gasteiger partial charge is 0.0765 e. The van der Waals surface area contributed by atoms with E-state index in [2.05, 4.69) is 42.5 Å². The topological polar surface area (TPSA) is 9.23 Å². The molecule has 0 aromatic heterocycles. The fourth-order valence-corrected chi connectivity index (χ4v) is 2.65. The summed E-state index contributed by atoms with van der Waals surface area (Å²) in [5.74, 6) is 0. The molecule has 2 heteroatoms. The van der Waals surface area contributed by atoms with E-state index < -0.39 is 0 Å². The van der Waals surface area contributed by atoms with Crippen LogP contribution in [0.25, 0.3) is 5.57 Å². The van der Waals surface area contributed by atoms with Gasteiger partial charge >= 0.3 is 0 Å². The van der Waals surface area contributed by atoms with Crippen LogP contribution in [0.4, 0.5) is 0 Å². The Balaban J connectivity index is 2.01. The van der Waals surface area contributed by atoms with Crippen molar-refractivity contribution in [1.82, 2.24) is 0 Å². The number of ether oxygens (including phenoxy) is 1. The van der Waals surface area contributed by atoms with Crippen LogP contribution in [-0.4, -0.2) is 12.7 Å². The van der Waals surface area contributed by atoms with Gasteiger partial charge in [-0.25, -0.2) is 0 Å². The normalized spacial score (nSPS) is 19.2. The zero-order chi connectivity index (χ0) is 13.8. The maximum Gasteiger partial charge on any atom is 0.0765 e. The Morgan fingerprint density at radius 1 is 1.00 bits per heavy atom. The van der Waals surface area contributed by atoms with Crippen molar-refractivity contribution in [3.63, 3.8) is 0 Å². The average molecular weight is 285 g/mol. The molecule has 1 nitrogen and oxygen atoms in total. The maximum absolute atomic E-state index is 5.99. The van der Waals surface area contributed by atoms with Gasteiger partial charge in [0.25, 0.3) is 0 Å². The highest BCUT2D eigenvalue weighted by atomic mass is 35.5. The van der Waals surface area contributed by atoms with Crippen molar-refractivity contribution in [3.05, 3.63) is 76.8 Å². The van der Waals surface area contributed by atoms with Crippen LogP contribution in [0.3, 0.4) is 0 Å². The third kappa shape index (κ3) is 3.12. The molecule has 1 fully saturated rings. The molecular weight excluding hydrogens is 268 g/mol. The van der Waals surface area contributed by atoms with E-state index in [1.165, 1.54) is 16.7 Å². The van der Waals surface area contributed by atoms with Gasteiger partial charge in [0.2, 0.25) is 0 Å². The number of hydrogen-bond acceptors (Lipinski definition) is 1. The lowest BCUT2D eigenvalue weighted by Gasteiger charge is -2.12. The van der Waals surface area contributed by atoms with E-state index in [1.807, 2.05) is 18.2 Å². The van der Waals surface area contributed by atoms with Gasteiger partial charge in [-0.3, -0.25) is 0 Å². The highest BCUT2D eigenvalue weighted by molar-refractivity contribution is 6.30. The van der Waals surface area contributed by atoms with Crippen molar-refractivity contribution in [2.75, 3.05) is 6.61 Å². The van der Waals surface area contributed by atoms with E-state index in [0.29, 0.717) is 0 Å². The molecule has 0 radical (unpaired) electrons. The van der Waals surface area contributed by atoms with E-state index >= 15 is 0 Å². The van der Waals surface area contributed by atoms with E-state index in [4.69, 9.17) is 16.3 Å². The Morgan fingerprint density at radius 2 is 1.70 bits per heavy atom. The fraction of sp³-hybridized carbons (Fsp3) is 0.222. The molecule has 0 bridgehead atoms. The minimum atomic E-state index is 0.223. The van der Waals surface area contributed by atoms with Crippen molar-refractivity contribution in [3.8, 4) is 0 Å². The lowest BCUT2D eigenvalue weighted by atomic mass is 9.96. The van der Waals surface area contributed by atoms with Gasteiger partial charge in [-0.15, -0.1) is 0 Å². The van der Waals surface area contributed by atoms with E-state index in [0.717, 1.165) is 24.5 Å². The average Bonchev–Trinajstić information content (AvgIpc) is 3.00. The van der Waals surface area contributed by atoms with Crippen molar-refractivity contribution < 1.29 is 4.74 Å². The van der Waals surface area contributed by atoms with Crippen LogP contribution in [-0.2, 0) is 4.74 Å². The molecule has 2 aromatic carbocycles. The van der Waals surface area contributed by atoms with Crippen LogP contribution >= 0.6 is 11.6 Å². The first-order chi connectivity index (χ1) is 9.83. The van der Waals surface area contributed by atoms with Crippen molar-refractivity contribution in [1.29, 1.82) is 0 Å². The summed E-state index contributed by atoms with van der Waals surface area (Å²) in [6, 6.07) is 18.4. The zero-order valence-electron chi connectivity index (χ0n) is 11.3. The number of rotatable bonds is 3. The second-order valence-electron chi connectivity index (χ2n) is 5.00. The second kappa shape index (κ2) is 6.25. The minimum Gasteiger partial charge on any atom is -0.374 e. The molecule has 0 N–H and O–H groups in total. The van der Waals surface area contributed by atoms with Crippen LogP contribution in [0.1, 0.15) is 24.0 Å². The summed E-state index contributed by atoms with van der Waals surface area (Å²) in [5.41, 5.74) is 3.61. The van der Waals surface area contributed by atoms with Gasteiger partial charge in [-0.2, -0.15) is 0 Å². The summed E-state index contributed by atoms with van der Waals surface area (Å²) in [5, 5.41) is 0.762. The van der Waals surface area contributed by atoms with Crippen molar-refractivity contribution in [2.24, 2.45) is 0 Å².